The van der Waals surface area contributed by atoms with Crippen molar-refractivity contribution in [3.05, 3.63) is 59.9 Å². The molecular formula is C21H25N3O2. The predicted octanol–water partition coefficient (Wildman–Crippen LogP) is 2.61. The van der Waals surface area contributed by atoms with Crippen molar-refractivity contribution in [1.29, 1.82) is 0 Å². The molecule has 1 spiro atoms. The fraction of sp³-hybridized carbons (Fsp3) is 0.429. The Bertz CT molecular complexity index is 770. The summed E-state index contributed by atoms with van der Waals surface area (Å²) < 4.78 is 5.22. The van der Waals surface area contributed by atoms with Gasteiger partial charge in [-0.3, -0.25) is 14.7 Å². The molecule has 0 saturated carbocycles. The van der Waals surface area contributed by atoms with E-state index in [1.165, 1.54) is 11.1 Å². The Morgan fingerprint density at radius 1 is 1.12 bits per heavy atom. The highest BCUT2D eigenvalue weighted by molar-refractivity contribution is 6.08. The minimum atomic E-state index is -0.362. The molecule has 5 heteroatoms. The number of pyridine rings is 1. The standard InChI is InChI=1S/C21H25N3O2/c1-26-15-14-24-19-5-3-2-4-18(19)21(20(24)25)8-12-23(13-9-21)16-17-6-10-22-11-7-17/h2-7,10-11H,8-9,12-16H2,1H3. The second-order valence-electron chi connectivity index (χ2n) is 7.18. The molecule has 3 heterocycles. The first-order chi connectivity index (χ1) is 12.7. The number of likely N-dealkylation sites (tertiary alicyclic amines) is 1. The van der Waals surface area contributed by atoms with Crippen molar-refractivity contribution in [3.8, 4) is 0 Å². The topological polar surface area (TPSA) is 45.7 Å². The van der Waals surface area contributed by atoms with Crippen LogP contribution in [0.15, 0.2) is 48.8 Å². The number of rotatable bonds is 5. The van der Waals surface area contributed by atoms with E-state index in [9.17, 15) is 4.79 Å². The summed E-state index contributed by atoms with van der Waals surface area (Å²) in [6, 6.07) is 12.4. The van der Waals surface area contributed by atoms with Gasteiger partial charge in [0.15, 0.2) is 0 Å². The van der Waals surface area contributed by atoms with Gasteiger partial charge < -0.3 is 9.64 Å². The molecule has 4 rings (SSSR count). The van der Waals surface area contributed by atoms with Crippen LogP contribution in [-0.4, -0.2) is 49.1 Å². The zero-order chi connectivity index (χ0) is 18.0. The normalized spacial score (nSPS) is 19.1. The van der Waals surface area contributed by atoms with E-state index >= 15 is 0 Å². The average molecular weight is 351 g/mol. The fourth-order valence-corrected chi connectivity index (χ4v) is 4.32. The van der Waals surface area contributed by atoms with Gasteiger partial charge in [-0.1, -0.05) is 18.2 Å². The number of amides is 1. The summed E-state index contributed by atoms with van der Waals surface area (Å²) in [6.45, 7) is 3.96. The smallest absolute Gasteiger partial charge is 0.237 e. The van der Waals surface area contributed by atoms with Gasteiger partial charge in [0.25, 0.3) is 0 Å². The number of carbonyl (C=O) groups excluding carboxylic acids is 1. The number of methoxy groups -OCH3 is 1. The first-order valence-corrected chi connectivity index (χ1v) is 9.26. The van der Waals surface area contributed by atoms with Gasteiger partial charge in [-0.15, -0.1) is 0 Å². The minimum Gasteiger partial charge on any atom is -0.383 e. The lowest BCUT2D eigenvalue weighted by Gasteiger charge is -2.38. The maximum Gasteiger partial charge on any atom is 0.237 e. The Labute approximate surface area is 154 Å². The summed E-state index contributed by atoms with van der Waals surface area (Å²) in [5.41, 5.74) is 3.18. The van der Waals surface area contributed by atoms with E-state index in [1.807, 2.05) is 23.4 Å². The highest BCUT2D eigenvalue weighted by Gasteiger charge is 2.51. The molecule has 0 aliphatic carbocycles. The average Bonchev–Trinajstić information content (AvgIpc) is 2.91. The maximum atomic E-state index is 13.4. The van der Waals surface area contributed by atoms with E-state index in [4.69, 9.17) is 4.74 Å². The van der Waals surface area contributed by atoms with Crippen LogP contribution in [0.5, 0.6) is 0 Å². The van der Waals surface area contributed by atoms with Crippen LogP contribution < -0.4 is 4.90 Å². The number of hydrogen-bond donors (Lipinski definition) is 0. The molecule has 2 aliphatic rings. The number of carbonyl (C=O) groups is 1. The third-order valence-corrected chi connectivity index (χ3v) is 5.75. The molecule has 2 aliphatic heterocycles. The lowest BCUT2D eigenvalue weighted by molar-refractivity contribution is -0.125. The summed E-state index contributed by atoms with van der Waals surface area (Å²) in [7, 11) is 1.68. The Kier molecular flexibility index (Phi) is 4.74. The maximum absolute atomic E-state index is 13.4. The molecule has 136 valence electrons. The van der Waals surface area contributed by atoms with Crippen LogP contribution in [0.1, 0.15) is 24.0 Å². The fourth-order valence-electron chi connectivity index (χ4n) is 4.32. The number of para-hydroxylation sites is 1. The predicted molar refractivity (Wildman–Crippen MR) is 101 cm³/mol. The van der Waals surface area contributed by atoms with Crippen LogP contribution in [-0.2, 0) is 21.5 Å². The van der Waals surface area contributed by atoms with Gasteiger partial charge in [0.1, 0.15) is 0 Å². The molecule has 0 atom stereocenters. The van der Waals surface area contributed by atoms with Gasteiger partial charge >= 0.3 is 0 Å². The first-order valence-electron chi connectivity index (χ1n) is 9.26. The summed E-state index contributed by atoms with van der Waals surface area (Å²) in [5.74, 6) is 0.249. The van der Waals surface area contributed by atoms with Crippen LogP contribution in [0.2, 0.25) is 0 Å². The molecular weight excluding hydrogens is 326 g/mol. The highest BCUT2D eigenvalue weighted by atomic mass is 16.5. The minimum absolute atomic E-state index is 0.249. The summed E-state index contributed by atoms with van der Waals surface area (Å²) >= 11 is 0. The number of benzene rings is 1. The van der Waals surface area contributed by atoms with E-state index in [0.717, 1.165) is 38.2 Å². The number of nitrogens with zero attached hydrogens (tertiary/aromatic N) is 3. The summed E-state index contributed by atoms with van der Waals surface area (Å²) in [6.07, 6.45) is 5.42. The van der Waals surface area contributed by atoms with Crippen molar-refractivity contribution in [1.82, 2.24) is 9.88 Å². The second-order valence-corrected chi connectivity index (χ2v) is 7.18. The van der Waals surface area contributed by atoms with Crippen molar-refractivity contribution in [3.63, 3.8) is 0 Å². The molecule has 1 aromatic carbocycles. The quantitative estimate of drug-likeness (QED) is 0.831. The Morgan fingerprint density at radius 2 is 1.85 bits per heavy atom. The van der Waals surface area contributed by atoms with Crippen molar-refractivity contribution < 1.29 is 9.53 Å². The zero-order valence-electron chi connectivity index (χ0n) is 15.2. The Hall–Kier alpha value is -2.24. The molecule has 0 unspecified atom stereocenters. The Morgan fingerprint density at radius 3 is 2.58 bits per heavy atom. The third kappa shape index (κ3) is 2.91. The molecule has 5 nitrogen and oxygen atoms in total. The largest absolute Gasteiger partial charge is 0.383 e. The SMILES string of the molecule is COCCN1C(=O)C2(CCN(Cc3ccncc3)CC2)c2ccccc21. The van der Waals surface area contributed by atoms with E-state index < -0.39 is 0 Å². The van der Waals surface area contributed by atoms with Gasteiger partial charge in [-0.25, -0.2) is 0 Å². The lowest BCUT2D eigenvalue weighted by Crippen LogP contribution is -2.49. The van der Waals surface area contributed by atoms with Crippen molar-refractivity contribution in [2.24, 2.45) is 0 Å². The van der Waals surface area contributed by atoms with Crippen molar-refractivity contribution in [2.75, 3.05) is 38.3 Å². The molecule has 0 N–H and O–H groups in total. The number of anilines is 1. The lowest BCUT2D eigenvalue weighted by atomic mass is 9.73. The molecule has 0 radical (unpaired) electrons. The van der Waals surface area contributed by atoms with Gasteiger partial charge in [0.2, 0.25) is 5.91 Å². The van der Waals surface area contributed by atoms with E-state index in [1.54, 1.807) is 7.11 Å². The number of piperidine rings is 1. The molecule has 26 heavy (non-hydrogen) atoms. The Balaban J connectivity index is 1.53. The van der Waals surface area contributed by atoms with Gasteiger partial charge in [-0.05, 0) is 55.3 Å². The number of aromatic nitrogens is 1. The van der Waals surface area contributed by atoms with Gasteiger partial charge in [0.05, 0.1) is 12.0 Å². The monoisotopic (exact) mass is 351 g/mol. The van der Waals surface area contributed by atoms with E-state index in [2.05, 4.69) is 40.2 Å². The first kappa shape index (κ1) is 17.2. The summed E-state index contributed by atoms with van der Waals surface area (Å²) in [5, 5.41) is 0. The number of ether oxygens (including phenoxy) is 1. The number of fused-ring (bicyclic) bond motifs is 2. The van der Waals surface area contributed by atoms with Crippen LogP contribution >= 0.6 is 0 Å². The van der Waals surface area contributed by atoms with Crippen LogP contribution in [0.4, 0.5) is 5.69 Å². The van der Waals surface area contributed by atoms with E-state index in [-0.39, 0.29) is 11.3 Å². The third-order valence-electron chi connectivity index (χ3n) is 5.75. The van der Waals surface area contributed by atoms with E-state index in [0.29, 0.717) is 13.2 Å². The molecule has 2 aromatic rings. The second kappa shape index (κ2) is 7.17. The van der Waals surface area contributed by atoms with Crippen molar-refractivity contribution in [2.45, 2.75) is 24.8 Å². The van der Waals surface area contributed by atoms with Crippen LogP contribution in [0.25, 0.3) is 0 Å². The van der Waals surface area contributed by atoms with Gasteiger partial charge in [-0.2, -0.15) is 0 Å². The molecule has 1 fully saturated rings. The zero-order valence-corrected chi connectivity index (χ0v) is 15.2. The summed E-state index contributed by atoms with van der Waals surface area (Å²) in [4.78, 5) is 21.8. The van der Waals surface area contributed by atoms with Crippen LogP contribution in [0, 0.1) is 0 Å². The highest BCUT2D eigenvalue weighted by Crippen LogP contribution is 2.47. The molecule has 0 bridgehead atoms. The number of hydrogen-bond acceptors (Lipinski definition) is 4. The van der Waals surface area contributed by atoms with Crippen LogP contribution in [0.3, 0.4) is 0 Å². The molecule has 1 saturated heterocycles. The molecule has 1 amide bonds. The van der Waals surface area contributed by atoms with Crippen molar-refractivity contribution >= 4 is 11.6 Å². The van der Waals surface area contributed by atoms with Gasteiger partial charge in [0, 0.05) is 38.3 Å². The molecule has 1 aromatic heterocycles.